The highest BCUT2D eigenvalue weighted by atomic mass is 19.1. The Bertz CT molecular complexity index is 550. The van der Waals surface area contributed by atoms with Crippen molar-refractivity contribution in [2.75, 3.05) is 37.6 Å². The van der Waals surface area contributed by atoms with E-state index in [-0.39, 0.29) is 5.82 Å². The second kappa shape index (κ2) is 6.63. The zero-order valence-corrected chi connectivity index (χ0v) is 12.0. The quantitative estimate of drug-likeness (QED) is 0.860. The monoisotopic (exact) mass is 286 g/mol. The summed E-state index contributed by atoms with van der Waals surface area (Å²) in [5.41, 5.74) is 1.33. The maximum atomic E-state index is 12.9. The molecule has 0 amide bonds. The van der Waals surface area contributed by atoms with Crippen LogP contribution in [0.25, 0.3) is 0 Å². The molecule has 1 saturated heterocycles. The average Bonchev–Trinajstić information content (AvgIpc) is 2.55. The normalized spacial score (nSPS) is 16.1. The number of piperazine rings is 1. The number of nitrogens with zero attached hydrogens (tertiary/aromatic N) is 4. The van der Waals surface area contributed by atoms with Gasteiger partial charge in [-0.1, -0.05) is 0 Å². The molecule has 21 heavy (non-hydrogen) atoms. The van der Waals surface area contributed by atoms with E-state index >= 15 is 0 Å². The third-order valence-corrected chi connectivity index (χ3v) is 3.87. The number of anilines is 1. The fourth-order valence-electron chi connectivity index (χ4n) is 2.59. The van der Waals surface area contributed by atoms with Gasteiger partial charge in [0, 0.05) is 45.1 Å². The first-order valence-electron chi connectivity index (χ1n) is 7.29. The molecule has 3 rings (SSSR count). The Morgan fingerprint density at radius 1 is 1.00 bits per heavy atom. The molecule has 2 aromatic rings. The predicted molar refractivity (Wildman–Crippen MR) is 80.8 cm³/mol. The van der Waals surface area contributed by atoms with Crippen molar-refractivity contribution in [2.45, 2.75) is 6.42 Å². The lowest BCUT2D eigenvalue weighted by atomic mass is 10.2. The Balaban J connectivity index is 1.48. The van der Waals surface area contributed by atoms with Crippen LogP contribution in [-0.4, -0.2) is 47.6 Å². The molecule has 0 bridgehead atoms. The van der Waals surface area contributed by atoms with Gasteiger partial charge < -0.3 is 4.90 Å². The molecule has 2 aromatic heterocycles. The van der Waals surface area contributed by atoms with E-state index in [0.29, 0.717) is 0 Å². The molecule has 0 aromatic carbocycles. The van der Waals surface area contributed by atoms with Gasteiger partial charge in [0.2, 0.25) is 0 Å². The minimum absolute atomic E-state index is 0.283. The number of rotatable bonds is 4. The standard InChI is InChI=1S/C16H19FN4/c17-15-1-2-16(19-13-15)21-11-9-20(10-12-21)8-5-14-3-6-18-7-4-14/h1-4,6-7,13H,5,8-12H2. The van der Waals surface area contributed by atoms with Crippen molar-refractivity contribution < 1.29 is 4.39 Å². The molecule has 110 valence electrons. The second-order valence-electron chi connectivity index (χ2n) is 5.27. The van der Waals surface area contributed by atoms with E-state index in [4.69, 9.17) is 0 Å². The number of hydrogen-bond donors (Lipinski definition) is 0. The van der Waals surface area contributed by atoms with Crippen LogP contribution in [0, 0.1) is 5.82 Å². The highest BCUT2D eigenvalue weighted by Crippen LogP contribution is 2.14. The van der Waals surface area contributed by atoms with Crippen molar-refractivity contribution in [3.63, 3.8) is 0 Å². The first kappa shape index (κ1) is 13.9. The molecule has 1 fully saturated rings. The molecule has 1 aliphatic heterocycles. The van der Waals surface area contributed by atoms with Gasteiger partial charge in [0.1, 0.15) is 11.6 Å². The van der Waals surface area contributed by atoms with E-state index in [9.17, 15) is 4.39 Å². The van der Waals surface area contributed by atoms with E-state index in [1.54, 1.807) is 6.07 Å². The summed E-state index contributed by atoms with van der Waals surface area (Å²) in [5, 5.41) is 0. The molecule has 4 nitrogen and oxygen atoms in total. The molecule has 0 N–H and O–H groups in total. The molecule has 0 radical (unpaired) electrons. The van der Waals surface area contributed by atoms with Crippen LogP contribution < -0.4 is 4.90 Å². The van der Waals surface area contributed by atoms with Crippen LogP contribution in [0.2, 0.25) is 0 Å². The number of halogens is 1. The summed E-state index contributed by atoms with van der Waals surface area (Å²) in [6, 6.07) is 7.36. The maximum absolute atomic E-state index is 12.9. The minimum atomic E-state index is -0.283. The largest absolute Gasteiger partial charge is 0.354 e. The third kappa shape index (κ3) is 3.76. The molecule has 0 unspecified atom stereocenters. The Kier molecular flexibility index (Phi) is 4.40. The Hall–Kier alpha value is -2.01. The Morgan fingerprint density at radius 2 is 1.76 bits per heavy atom. The molecule has 0 spiro atoms. The molecule has 0 saturated carbocycles. The van der Waals surface area contributed by atoms with Crippen molar-refractivity contribution in [3.8, 4) is 0 Å². The lowest BCUT2D eigenvalue weighted by Crippen LogP contribution is -2.47. The van der Waals surface area contributed by atoms with Gasteiger partial charge in [-0.15, -0.1) is 0 Å². The molecule has 0 atom stereocenters. The lowest BCUT2D eigenvalue weighted by Gasteiger charge is -2.35. The molecule has 5 heteroatoms. The van der Waals surface area contributed by atoms with Crippen molar-refractivity contribution >= 4 is 5.82 Å². The fraction of sp³-hybridized carbons (Fsp3) is 0.375. The maximum Gasteiger partial charge on any atom is 0.141 e. The Morgan fingerprint density at radius 3 is 2.43 bits per heavy atom. The highest BCUT2D eigenvalue weighted by molar-refractivity contribution is 5.38. The summed E-state index contributed by atoms with van der Waals surface area (Å²) in [7, 11) is 0. The van der Waals surface area contributed by atoms with Crippen molar-refractivity contribution in [3.05, 3.63) is 54.2 Å². The molecular formula is C16H19FN4. The summed E-state index contributed by atoms with van der Waals surface area (Å²) >= 11 is 0. The van der Waals surface area contributed by atoms with E-state index in [1.807, 2.05) is 12.4 Å². The number of pyridine rings is 2. The summed E-state index contributed by atoms with van der Waals surface area (Å²) < 4.78 is 12.9. The molecular weight excluding hydrogens is 267 g/mol. The van der Waals surface area contributed by atoms with Crippen LogP contribution in [0.15, 0.2) is 42.9 Å². The van der Waals surface area contributed by atoms with Crippen LogP contribution in [-0.2, 0) is 6.42 Å². The number of hydrogen-bond acceptors (Lipinski definition) is 4. The third-order valence-electron chi connectivity index (χ3n) is 3.87. The summed E-state index contributed by atoms with van der Waals surface area (Å²) in [5.74, 6) is 0.583. The van der Waals surface area contributed by atoms with E-state index < -0.39 is 0 Å². The van der Waals surface area contributed by atoms with E-state index in [2.05, 4.69) is 31.9 Å². The van der Waals surface area contributed by atoms with Crippen LogP contribution in [0.5, 0.6) is 0 Å². The van der Waals surface area contributed by atoms with Crippen LogP contribution in [0.3, 0.4) is 0 Å². The summed E-state index contributed by atoms with van der Waals surface area (Å²) in [6.45, 7) is 4.98. The zero-order chi connectivity index (χ0) is 14.5. The van der Waals surface area contributed by atoms with Gasteiger partial charge in [-0.05, 0) is 36.2 Å². The number of aromatic nitrogens is 2. The minimum Gasteiger partial charge on any atom is -0.354 e. The van der Waals surface area contributed by atoms with Gasteiger partial charge in [0.05, 0.1) is 6.20 Å². The topological polar surface area (TPSA) is 32.3 Å². The van der Waals surface area contributed by atoms with Crippen molar-refractivity contribution in [1.29, 1.82) is 0 Å². The van der Waals surface area contributed by atoms with Gasteiger partial charge in [-0.25, -0.2) is 9.37 Å². The van der Waals surface area contributed by atoms with Crippen LogP contribution in [0.1, 0.15) is 5.56 Å². The van der Waals surface area contributed by atoms with Crippen LogP contribution >= 0.6 is 0 Å². The highest BCUT2D eigenvalue weighted by Gasteiger charge is 2.17. The fourth-order valence-corrected chi connectivity index (χ4v) is 2.59. The molecule has 3 heterocycles. The van der Waals surface area contributed by atoms with Crippen molar-refractivity contribution in [2.24, 2.45) is 0 Å². The lowest BCUT2D eigenvalue weighted by molar-refractivity contribution is 0.260. The molecule has 1 aliphatic rings. The predicted octanol–water partition coefficient (Wildman–Crippen LogP) is 1.98. The van der Waals surface area contributed by atoms with Gasteiger partial charge in [0.25, 0.3) is 0 Å². The van der Waals surface area contributed by atoms with Gasteiger partial charge in [-0.3, -0.25) is 9.88 Å². The van der Waals surface area contributed by atoms with Gasteiger partial charge >= 0.3 is 0 Å². The first-order valence-corrected chi connectivity index (χ1v) is 7.29. The molecule has 0 aliphatic carbocycles. The van der Waals surface area contributed by atoms with Gasteiger partial charge in [0.15, 0.2) is 0 Å². The van der Waals surface area contributed by atoms with Crippen LogP contribution in [0.4, 0.5) is 10.2 Å². The summed E-state index contributed by atoms with van der Waals surface area (Å²) in [6.07, 6.45) is 6.02. The zero-order valence-electron chi connectivity index (χ0n) is 12.0. The smallest absolute Gasteiger partial charge is 0.141 e. The first-order chi connectivity index (χ1) is 10.3. The Labute approximate surface area is 124 Å². The van der Waals surface area contributed by atoms with E-state index in [1.165, 1.54) is 17.8 Å². The van der Waals surface area contributed by atoms with Gasteiger partial charge in [-0.2, -0.15) is 0 Å². The van der Waals surface area contributed by atoms with Crippen molar-refractivity contribution in [1.82, 2.24) is 14.9 Å². The SMILES string of the molecule is Fc1ccc(N2CCN(CCc3ccncc3)CC2)nc1. The van der Waals surface area contributed by atoms with E-state index in [0.717, 1.165) is 45.0 Å². The average molecular weight is 286 g/mol. The second-order valence-corrected chi connectivity index (χ2v) is 5.27. The summed E-state index contributed by atoms with van der Waals surface area (Å²) in [4.78, 5) is 12.9.